The normalized spacial score (nSPS) is 10.5. The molecule has 35 heavy (non-hydrogen) atoms. The molecule has 1 N–H and O–H groups in total. The summed E-state index contributed by atoms with van der Waals surface area (Å²) in [4.78, 5) is 17.4. The summed E-state index contributed by atoms with van der Waals surface area (Å²) in [6.07, 6.45) is 0.418. The highest BCUT2D eigenvalue weighted by Gasteiger charge is 2.18. The van der Waals surface area contributed by atoms with E-state index < -0.39 is 0 Å². The van der Waals surface area contributed by atoms with Crippen LogP contribution in [0.2, 0.25) is 0 Å². The fraction of sp³-hybridized carbons (Fsp3) is 0.111. The Morgan fingerprint density at radius 1 is 0.943 bits per heavy atom. The molecule has 170 valence electrons. The second kappa shape index (κ2) is 9.93. The Bertz CT molecular complexity index is 1510. The van der Waals surface area contributed by atoms with Crippen LogP contribution in [0, 0.1) is 11.8 Å². The Hall–Kier alpha value is -4.90. The van der Waals surface area contributed by atoms with Crippen LogP contribution in [-0.2, 0) is 13.0 Å². The van der Waals surface area contributed by atoms with Crippen molar-refractivity contribution in [3.05, 3.63) is 102 Å². The van der Waals surface area contributed by atoms with Crippen LogP contribution in [-0.4, -0.2) is 41.2 Å². The van der Waals surface area contributed by atoms with Crippen LogP contribution < -0.4 is 0 Å². The molecular formula is C27H21N7O. The molecule has 0 fully saturated rings. The maximum absolute atomic E-state index is 12.9. The summed E-state index contributed by atoms with van der Waals surface area (Å²) in [5.41, 5.74) is 4.53. The summed E-state index contributed by atoms with van der Waals surface area (Å²) < 4.78 is 1.75. The lowest BCUT2D eigenvalue weighted by Gasteiger charge is -2.09. The van der Waals surface area contributed by atoms with Crippen molar-refractivity contribution in [3.63, 3.8) is 0 Å². The third-order valence-corrected chi connectivity index (χ3v) is 5.52. The van der Waals surface area contributed by atoms with Gasteiger partial charge < -0.3 is 0 Å². The van der Waals surface area contributed by atoms with Crippen LogP contribution in [0.3, 0.4) is 0 Å². The molecule has 5 rings (SSSR count). The molecule has 0 bridgehead atoms. The van der Waals surface area contributed by atoms with E-state index in [0.717, 1.165) is 22.3 Å². The summed E-state index contributed by atoms with van der Waals surface area (Å²) in [7, 11) is 0. The molecule has 5 aromatic rings. The second-order valence-electron chi connectivity index (χ2n) is 7.79. The number of ketones is 1. The molecular weight excluding hydrogens is 438 g/mol. The van der Waals surface area contributed by atoms with E-state index in [1.807, 2.05) is 66.7 Å². The molecule has 0 radical (unpaired) electrons. The number of nitrogens with zero attached hydrogens (tertiary/aromatic N) is 6. The van der Waals surface area contributed by atoms with Gasteiger partial charge in [0, 0.05) is 11.1 Å². The van der Waals surface area contributed by atoms with Crippen LogP contribution in [0.1, 0.15) is 34.5 Å². The smallest absolute Gasteiger partial charge is 0.232 e. The van der Waals surface area contributed by atoms with E-state index in [9.17, 15) is 4.79 Å². The minimum absolute atomic E-state index is 0.176. The van der Waals surface area contributed by atoms with Gasteiger partial charge in [0.05, 0.1) is 13.0 Å². The number of carbonyl (C=O) groups is 1. The largest absolute Gasteiger partial charge is 0.285 e. The average molecular weight is 460 g/mol. The molecule has 0 aliphatic rings. The van der Waals surface area contributed by atoms with Crippen molar-refractivity contribution in [2.24, 2.45) is 0 Å². The molecule has 0 aliphatic heterocycles. The van der Waals surface area contributed by atoms with Crippen LogP contribution in [0.25, 0.3) is 22.5 Å². The lowest BCUT2D eigenvalue weighted by atomic mass is 9.98. The number of tetrazole rings is 1. The van der Waals surface area contributed by atoms with E-state index in [4.69, 9.17) is 0 Å². The fourth-order valence-corrected chi connectivity index (χ4v) is 3.78. The molecule has 0 saturated heterocycles. The van der Waals surface area contributed by atoms with Crippen LogP contribution in [0.15, 0.2) is 78.9 Å². The number of nitrogens with one attached hydrogen (secondary N) is 1. The third kappa shape index (κ3) is 4.75. The minimum Gasteiger partial charge on any atom is -0.285 e. The van der Waals surface area contributed by atoms with E-state index in [2.05, 4.69) is 42.5 Å². The van der Waals surface area contributed by atoms with Gasteiger partial charge in [0.15, 0.2) is 0 Å². The summed E-state index contributed by atoms with van der Waals surface area (Å²) in [5.74, 6) is 7.09. The van der Waals surface area contributed by atoms with Crippen LogP contribution >= 0.6 is 0 Å². The molecule has 0 atom stereocenters. The first kappa shape index (κ1) is 21.9. The molecule has 2 aromatic heterocycles. The third-order valence-electron chi connectivity index (χ3n) is 5.52. The minimum atomic E-state index is -0.205. The van der Waals surface area contributed by atoms with Crippen LogP contribution in [0.5, 0.6) is 0 Å². The number of benzene rings is 3. The van der Waals surface area contributed by atoms with Crippen molar-refractivity contribution in [1.29, 1.82) is 0 Å². The van der Waals surface area contributed by atoms with E-state index in [1.54, 1.807) is 23.7 Å². The average Bonchev–Trinajstić information content (AvgIpc) is 3.59. The Morgan fingerprint density at radius 3 is 2.40 bits per heavy atom. The number of carbonyl (C=O) groups excluding carboxylic acids is 1. The molecule has 0 aliphatic carbocycles. The highest BCUT2D eigenvalue weighted by Crippen LogP contribution is 2.29. The maximum atomic E-state index is 12.9. The van der Waals surface area contributed by atoms with E-state index >= 15 is 0 Å². The highest BCUT2D eigenvalue weighted by molar-refractivity contribution is 6.06. The molecule has 0 amide bonds. The van der Waals surface area contributed by atoms with E-state index in [-0.39, 0.29) is 11.6 Å². The van der Waals surface area contributed by atoms with Gasteiger partial charge in [-0.2, -0.15) is 5.21 Å². The maximum Gasteiger partial charge on any atom is 0.232 e. The van der Waals surface area contributed by atoms with Crippen LogP contribution in [0.4, 0.5) is 0 Å². The fourth-order valence-electron chi connectivity index (χ4n) is 3.78. The summed E-state index contributed by atoms with van der Waals surface area (Å²) >= 11 is 0. The van der Waals surface area contributed by atoms with Gasteiger partial charge in [0.2, 0.25) is 17.4 Å². The van der Waals surface area contributed by atoms with Gasteiger partial charge in [-0.05, 0) is 28.8 Å². The zero-order valence-corrected chi connectivity index (χ0v) is 19.0. The Balaban J connectivity index is 1.42. The summed E-state index contributed by atoms with van der Waals surface area (Å²) in [6, 6.07) is 25.1. The predicted octanol–water partition coefficient (Wildman–Crippen LogP) is 3.97. The molecule has 3 aromatic carbocycles. The van der Waals surface area contributed by atoms with E-state index in [1.165, 1.54) is 0 Å². The van der Waals surface area contributed by atoms with Crippen molar-refractivity contribution in [3.8, 4) is 34.4 Å². The summed E-state index contributed by atoms with van der Waals surface area (Å²) in [6.45, 7) is 2.25. The topological polar surface area (TPSA) is 102 Å². The van der Waals surface area contributed by atoms with Crippen molar-refractivity contribution in [1.82, 2.24) is 35.4 Å². The van der Waals surface area contributed by atoms with Gasteiger partial charge in [-0.15, -0.1) is 21.2 Å². The highest BCUT2D eigenvalue weighted by atomic mass is 16.1. The number of aromatic amines is 1. The van der Waals surface area contributed by atoms with Gasteiger partial charge in [-0.3, -0.25) is 4.79 Å². The van der Waals surface area contributed by atoms with Crippen molar-refractivity contribution in [2.45, 2.75) is 19.9 Å². The molecule has 0 unspecified atom stereocenters. The Labute approximate surface area is 202 Å². The van der Waals surface area contributed by atoms with E-state index in [0.29, 0.717) is 30.2 Å². The molecule has 8 heteroatoms. The van der Waals surface area contributed by atoms with Gasteiger partial charge >= 0.3 is 0 Å². The number of rotatable bonds is 7. The van der Waals surface area contributed by atoms with Gasteiger partial charge in [0.1, 0.15) is 5.82 Å². The monoisotopic (exact) mass is 459 g/mol. The van der Waals surface area contributed by atoms with Crippen molar-refractivity contribution in [2.75, 3.05) is 0 Å². The molecule has 8 nitrogen and oxygen atoms in total. The van der Waals surface area contributed by atoms with Gasteiger partial charge in [-0.25, -0.2) is 9.67 Å². The number of hydrogen-bond donors (Lipinski definition) is 1. The SMILES string of the molecule is CC#CCc1nc(C(=O)c2ccccc2)nn1Cc1ccc(-c2ccccc2-c2nn[nH]n2)cc1. The zero-order chi connectivity index (χ0) is 24.0. The molecule has 0 saturated carbocycles. The quantitative estimate of drug-likeness (QED) is 0.292. The lowest BCUT2D eigenvalue weighted by molar-refractivity contribution is 0.102. The first-order chi connectivity index (χ1) is 17.2. The van der Waals surface area contributed by atoms with Crippen molar-refractivity contribution >= 4 is 5.78 Å². The summed E-state index contributed by atoms with van der Waals surface area (Å²) in [5, 5.41) is 18.9. The predicted molar refractivity (Wildman–Crippen MR) is 131 cm³/mol. The number of aromatic nitrogens is 7. The van der Waals surface area contributed by atoms with Crippen molar-refractivity contribution < 1.29 is 4.79 Å². The number of H-pyrrole nitrogens is 1. The zero-order valence-electron chi connectivity index (χ0n) is 19.0. The Morgan fingerprint density at radius 2 is 1.69 bits per heavy atom. The first-order valence-electron chi connectivity index (χ1n) is 11.1. The standard InChI is InChI=1S/C27H21N7O/c1-2-3-13-24-28-27(25(35)21-9-5-4-6-10-21)31-34(24)18-19-14-16-20(17-15-19)22-11-7-8-12-23(22)26-29-32-33-30-26/h4-12,14-17H,13,18H2,1H3,(H,29,30,32,33). The lowest BCUT2D eigenvalue weighted by Crippen LogP contribution is -2.08. The van der Waals surface area contributed by atoms with Gasteiger partial charge in [0.25, 0.3) is 0 Å². The first-order valence-corrected chi connectivity index (χ1v) is 11.1. The second-order valence-corrected chi connectivity index (χ2v) is 7.79. The molecule has 2 heterocycles. The Kier molecular flexibility index (Phi) is 6.22. The molecule has 0 spiro atoms. The van der Waals surface area contributed by atoms with Gasteiger partial charge in [-0.1, -0.05) is 84.8 Å². The number of hydrogen-bond acceptors (Lipinski definition) is 6.